The monoisotopic (exact) mass is 341 g/mol. The van der Waals surface area contributed by atoms with Crippen LogP contribution in [0.25, 0.3) is 0 Å². The minimum atomic E-state index is -0.612. The quantitative estimate of drug-likeness (QED) is 0.831. The third-order valence-electron chi connectivity index (χ3n) is 4.28. The molecule has 1 amide bonds. The molecule has 2 atom stereocenters. The van der Waals surface area contributed by atoms with Crippen molar-refractivity contribution in [3.63, 3.8) is 0 Å². The molecule has 0 aliphatic heterocycles. The van der Waals surface area contributed by atoms with E-state index in [0.717, 1.165) is 17.7 Å². The van der Waals surface area contributed by atoms with Crippen LogP contribution in [0.2, 0.25) is 0 Å². The second kappa shape index (κ2) is 7.63. The number of amides is 1. The predicted octanol–water partition coefficient (Wildman–Crippen LogP) is 1.41. The third-order valence-corrected chi connectivity index (χ3v) is 4.28. The molecule has 0 fully saturated rings. The molecule has 6 nitrogen and oxygen atoms in total. The molecule has 1 heterocycles. The van der Waals surface area contributed by atoms with Crippen molar-refractivity contribution >= 4 is 5.91 Å². The van der Waals surface area contributed by atoms with Crippen molar-refractivity contribution in [3.05, 3.63) is 59.3 Å². The summed E-state index contributed by atoms with van der Waals surface area (Å²) in [5.41, 5.74) is 2.51. The molecule has 1 aliphatic carbocycles. The first kappa shape index (κ1) is 17.4. The molecule has 25 heavy (non-hydrogen) atoms. The summed E-state index contributed by atoms with van der Waals surface area (Å²) in [5, 5.41) is 13.2. The topological polar surface area (TPSA) is 74.7 Å². The van der Waals surface area contributed by atoms with Gasteiger partial charge in [-0.1, -0.05) is 24.3 Å². The first-order valence-electron chi connectivity index (χ1n) is 8.35. The Labute approximate surface area is 147 Å². The summed E-state index contributed by atoms with van der Waals surface area (Å²) < 4.78 is 5.57. The minimum Gasteiger partial charge on any atom is -0.476 e. The van der Waals surface area contributed by atoms with Crippen LogP contribution in [0.4, 0.5) is 0 Å². The number of benzene rings is 1. The lowest BCUT2D eigenvalue weighted by Crippen LogP contribution is -2.33. The maximum Gasteiger partial charge on any atom is 0.252 e. The number of hydrogen-bond donors (Lipinski definition) is 2. The first-order chi connectivity index (χ1) is 12.0. The summed E-state index contributed by atoms with van der Waals surface area (Å²) in [7, 11) is 3.93. The molecule has 132 valence electrons. The normalized spacial score (nSPS) is 18.9. The highest BCUT2D eigenvalue weighted by molar-refractivity contribution is 5.94. The molecular weight excluding hydrogens is 318 g/mol. The molecule has 6 heteroatoms. The zero-order chi connectivity index (χ0) is 17.8. The maximum atomic E-state index is 12.6. The number of ether oxygens (including phenoxy) is 1. The Morgan fingerprint density at radius 3 is 2.96 bits per heavy atom. The minimum absolute atomic E-state index is 0.249. The Morgan fingerprint density at radius 2 is 2.16 bits per heavy atom. The predicted molar refractivity (Wildman–Crippen MR) is 94.6 cm³/mol. The number of pyridine rings is 1. The van der Waals surface area contributed by atoms with Gasteiger partial charge in [-0.3, -0.25) is 4.79 Å². The van der Waals surface area contributed by atoms with Gasteiger partial charge in [-0.05, 0) is 31.3 Å². The van der Waals surface area contributed by atoms with Crippen LogP contribution in [0.15, 0.2) is 42.6 Å². The van der Waals surface area contributed by atoms with E-state index in [1.54, 1.807) is 18.3 Å². The number of nitrogens with zero attached hydrogens (tertiary/aromatic N) is 2. The Morgan fingerprint density at radius 1 is 1.36 bits per heavy atom. The lowest BCUT2D eigenvalue weighted by atomic mass is 10.1. The summed E-state index contributed by atoms with van der Waals surface area (Å²) in [6.07, 6.45) is 1.49. The fourth-order valence-corrected chi connectivity index (χ4v) is 2.93. The molecule has 2 N–H and O–H groups in total. The molecule has 1 aliphatic rings. The van der Waals surface area contributed by atoms with E-state index in [0.29, 0.717) is 24.5 Å². The van der Waals surface area contributed by atoms with Gasteiger partial charge in [0.25, 0.3) is 5.91 Å². The number of fused-ring (bicyclic) bond motifs is 1. The summed E-state index contributed by atoms with van der Waals surface area (Å²) in [6, 6.07) is 10.6. The van der Waals surface area contributed by atoms with Gasteiger partial charge >= 0.3 is 0 Å². The summed E-state index contributed by atoms with van der Waals surface area (Å²) in [6.45, 7) is 1.27. The molecule has 2 aromatic rings. The fourth-order valence-electron chi connectivity index (χ4n) is 2.93. The van der Waals surface area contributed by atoms with E-state index in [9.17, 15) is 9.90 Å². The first-order valence-corrected chi connectivity index (χ1v) is 8.35. The lowest BCUT2D eigenvalue weighted by Gasteiger charge is -2.18. The van der Waals surface area contributed by atoms with Gasteiger partial charge in [-0.2, -0.15) is 0 Å². The Kier molecular flexibility index (Phi) is 5.31. The number of nitrogens with one attached hydrogen (secondary N) is 1. The zero-order valence-corrected chi connectivity index (χ0v) is 14.5. The summed E-state index contributed by atoms with van der Waals surface area (Å²) in [4.78, 5) is 18.7. The van der Waals surface area contributed by atoms with E-state index in [-0.39, 0.29) is 5.91 Å². The van der Waals surface area contributed by atoms with Gasteiger partial charge in [0.05, 0.1) is 12.1 Å². The highest BCUT2D eigenvalue weighted by Crippen LogP contribution is 2.31. The highest BCUT2D eigenvalue weighted by Gasteiger charge is 2.32. The fraction of sp³-hybridized carbons (Fsp3) is 0.368. The van der Waals surface area contributed by atoms with Gasteiger partial charge in [0, 0.05) is 30.8 Å². The number of rotatable bonds is 6. The van der Waals surface area contributed by atoms with Crippen molar-refractivity contribution in [2.45, 2.75) is 18.6 Å². The average Bonchev–Trinajstić information content (AvgIpc) is 2.90. The number of aliphatic hydroxyl groups excluding tert-OH is 1. The molecule has 3 rings (SSSR count). The van der Waals surface area contributed by atoms with E-state index in [4.69, 9.17) is 4.74 Å². The zero-order valence-electron chi connectivity index (χ0n) is 14.5. The van der Waals surface area contributed by atoms with Crippen LogP contribution < -0.4 is 10.1 Å². The van der Waals surface area contributed by atoms with Gasteiger partial charge in [0.2, 0.25) is 5.88 Å². The van der Waals surface area contributed by atoms with Crippen molar-refractivity contribution in [2.24, 2.45) is 0 Å². The van der Waals surface area contributed by atoms with Crippen LogP contribution in [0.5, 0.6) is 5.88 Å². The molecule has 0 unspecified atom stereocenters. The van der Waals surface area contributed by atoms with Crippen molar-refractivity contribution in [1.29, 1.82) is 0 Å². The number of likely N-dealkylation sites (N-methyl/N-ethyl adjacent to an activating group) is 1. The molecule has 0 saturated carbocycles. The second-order valence-corrected chi connectivity index (χ2v) is 6.46. The largest absolute Gasteiger partial charge is 0.476 e. The van der Waals surface area contributed by atoms with Crippen LogP contribution in [0.1, 0.15) is 27.5 Å². The number of carbonyl (C=O) groups is 1. The van der Waals surface area contributed by atoms with Gasteiger partial charge in [0.15, 0.2) is 0 Å². The number of aromatic nitrogens is 1. The van der Waals surface area contributed by atoms with E-state index < -0.39 is 12.1 Å². The molecule has 0 spiro atoms. The Balaban J connectivity index is 1.67. The smallest absolute Gasteiger partial charge is 0.252 e. The van der Waals surface area contributed by atoms with E-state index >= 15 is 0 Å². The molecule has 0 bridgehead atoms. The van der Waals surface area contributed by atoms with Crippen LogP contribution >= 0.6 is 0 Å². The molecule has 1 aromatic heterocycles. The average molecular weight is 341 g/mol. The van der Waals surface area contributed by atoms with Gasteiger partial charge in [0.1, 0.15) is 6.61 Å². The van der Waals surface area contributed by atoms with Gasteiger partial charge in [-0.25, -0.2) is 4.98 Å². The van der Waals surface area contributed by atoms with Crippen LogP contribution in [0, 0.1) is 0 Å². The summed E-state index contributed by atoms with van der Waals surface area (Å²) in [5.74, 6) is 0.169. The maximum absolute atomic E-state index is 12.6. The van der Waals surface area contributed by atoms with Crippen LogP contribution in [-0.4, -0.2) is 54.2 Å². The number of hydrogen-bond acceptors (Lipinski definition) is 5. The number of aliphatic hydroxyl groups is 1. The highest BCUT2D eigenvalue weighted by atomic mass is 16.5. The molecular formula is C19H23N3O3. The van der Waals surface area contributed by atoms with Crippen LogP contribution in [-0.2, 0) is 6.42 Å². The van der Waals surface area contributed by atoms with Crippen molar-refractivity contribution in [3.8, 4) is 5.88 Å². The molecule has 0 saturated heterocycles. The van der Waals surface area contributed by atoms with E-state index in [1.165, 1.54) is 0 Å². The third kappa shape index (κ3) is 4.15. The van der Waals surface area contributed by atoms with Crippen LogP contribution in [0.3, 0.4) is 0 Å². The van der Waals surface area contributed by atoms with E-state index in [1.807, 2.05) is 43.3 Å². The standard InChI is InChI=1S/C19H23N3O3/c1-22(2)9-10-25-17-12-14(7-8-20-17)19(24)21-18-15-6-4-3-5-13(15)11-16(18)23/h3-8,12,16,18,23H,9-11H2,1-2H3,(H,21,24)/t16-,18+/m1/s1. The van der Waals surface area contributed by atoms with E-state index in [2.05, 4.69) is 10.3 Å². The van der Waals surface area contributed by atoms with Crippen molar-refractivity contribution < 1.29 is 14.6 Å². The summed E-state index contributed by atoms with van der Waals surface area (Å²) >= 11 is 0. The SMILES string of the molecule is CN(C)CCOc1cc(C(=O)N[C@H]2c3ccccc3C[C@H]2O)ccn1. The van der Waals surface area contributed by atoms with Crippen molar-refractivity contribution in [1.82, 2.24) is 15.2 Å². The van der Waals surface area contributed by atoms with Gasteiger partial charge < -0.3 is 20.1 Å². The molecule has 0 radical (unpaired) electrons. The lowest BCUT2D eigenvalue weighted by molar-refractivity contribution is 0.0857. The molecule has 1 aromatic carbocycles. The second-order valence-electron chi connectivity index (χ2n) is 6.46. The van der Waals surface area contributed by atoms with Gasteiger partial charge in [-0.15, -0.1) is 0 Å². The number of carbonyl (C=O) groups excluding carboxylic acids is 1. The Bertz CT molecular complexity index is 748. The Hall–Kier alpha value is -2.44. The van der Waals surface area contributed by atoms with Crippen molar-refractivity contribution in [2.75, 3.05) is 27.2 Å².